The Hall–Kier alpha value is -2.87. The van der Waals surface area contributed by atoms with Crippen LogP contribution in [0.25, 0.3) is 22.4 Å². The van der Waals surface area contributed by atoms with Crippen molar-refractivity contribution in [1.29, 1.82) is 0 Å². The van der Waals surface area contributed by atoms with Gasteiger partial charge in [-0.05, 0) is 74.6 Å². The molecule has 1 aliphatic heterocycles. The van der Waals surface area contributed by atoms with Gasteiger partial charge >= 0.3 is 0 Å². The molecule has 3 aromatic rings. The highest BCUT2D eigenvalue weighted by Crippen LogP contribution is 2.28. The van der Waals surface area contributed by atoms with Crippen molar-refractivity contribution >= 4 is 5.82 Å². The van der Waals surface area contributed by atoms with Gasteiger partial charge in [0, 0.05) is 19.3 Å². The molecular formula is C25H33FN4O2. The Kier molecular flexibility index (Phi) is 10.2. The molecule has 0 bridgehead atoms. The molecule has 1 aliphatic rings. The summed E-state index contributed by atoms with van der Waals surface area (Å²) < 4.78 is 14.4. The summed E-state index contributed by atoms with van der Waals surface area (Å²) in [5.74, 6) is 0.576. The molecule has 6 nitrogen and oxygen atoms in total. The lowest BCUT2D eigenvalue weighted by Gasteiger charge is -2.27. The van der Waals surface area contributed by atoms with Crippen LogP contribution in [0.15, 0.2) is 54.9 Å². The van der Waals surface area contributed by atoms with Crippen molar-refractivity contribution in [3.05, 3.63) is 66.2 Å². The summed E-state index contributed by atoms with van der Waals surface area (Å²) in [5.41, 5.74) is 9.35. The lowest BCUT2D eigenvalue weighted by atomic mass is 9.98. The van der Waals surface area contributed by atoms with Crippen molar-refractivity contribution in [1.82, 2.24) is 14.9 Å². The van der Waals surface area contributed by atoms with E-state index < -0.39 is 0 Å². The Morgan fingerprint density at radius 2 is 1.72 bits per heavy atom. The third-order valence-corrected chi connectivity index (χ3v) is 5.47. The number of aryl methyl sites for hydroxylation is 1. The predicted octanol–water partition coefficient (Wildman–Crippen LogP) is 3.77. The first-order valence-electron chi connectivity index (χ1n) is 10.7. The van der Waals surface area contributed by atoms with Gasteiger partial charge in [0.2, 0.25) is 0 Å². The fourth-order valence-electron chi connectivity index (χ4n) is 3.51. The fraction of sp³-hybridized carbons (Fsp3) is 0.360. The molecule has 0 atom stereocenters. The lowest BCUT2D eigenvalue weighted by molar-refractivity contribution is 0.148. The van der Waals surface area contributed by atoms with Gasteiger partial charge in [-0.3, -0.25) is 4.98 Å². The molecule has 172 valence electrons. The molecule has 0 amide bonds. The summed E-state index contributed by atoms with van der Waals surface area (Å²) in [4.78, 5) is 10.4. The van der Waals surface area contributed by atoms with Crippen LogP contribution < -0.4 is 5.73 Å². The zero-order chi connectivity index (χ0) is 23.5. The van der Waals surface area contributed by atoms with Gasteiger partial charge in [-0.1, -0.05) is 30.3 Å². The highest BCUT2D eigenvalue weighted by molar-refractivity contribution is 5.71. The number of halogens is 1. The molecule has 2 heterocycles. The number of hydrogen-bond donors (Lipinski definition) is 3. The van der Waals surface area contributed by atoms with Crippen LogP contribution in [-0.4, -0.2) is 58.9 Å². The van der Waals surface area contributed by atoms with E-state index in [2.05, 4.69) is 21.9 Å². The number of benzene rings is 2. The van der Waals surface area contributed by atoms with Crippen molar-refractivity contribution in [2.75, 3.05) is 39.6 Å². The van der Waals surface area contributed by atoms with Gasteiger partial charge in [0.1, 0.15) is 11.6 Å². The number of nitrogen functional groups attached to an aromatic ring is 1. The Morgan fingerprint density at radius 3 is 2.28 bits per heavy atom. The maximum absolute atomic E-state index is 14.4. The van der Waals surface area contributed by atoms with Crippen molar-refractivity contribution in [2.24, 2.45) is 5.92 Å². The topological polar surface area (TPSA) is 95.5 Å². The fourth-order valence-corrected chi connectivity index (χ4v) is 3.51. The molecular weight excluding hydrogens is 407 g/mol. The second-order valence-corrected chi connectivity index (χ2v) is 7.77. The summed E-state index contributed by atoms with van der Waals surface area (Å²) in [6.45, 7) is 4.71. The summed E-state index contributed by atoms with van der Waals surface area (Å²) in [7, 11) is 3.13. The zero-order valence-corrected chi connectivity index (χ0v) is 19.0. The summed E-state index contributed by atoms with van der Waals surface area (Å²) in [6, 6.07) is 13.0. The van der Waals surface area contributed by atoms with Crippen LogP contribution in [0.3, 0.4) is 0 Å². The first-order chi connectivity index (χ1) is 15.5. The molecule has 1 aromatic heterocycles. The molecule has 0 saturated carbocycles. The molecule has 0 spiro atoms. The van der Waals surface area contributed by atoms with E-state index in [1.54, 1.807) is 6.07 Å². The number of hydrogen-bond acceptors (Lipinski definition) is 6. The van der Waals surface area contributed by atoms with Gasteiger partial charge in [0.25, 0.3) is 0 Å². The maximum Gasteiger partial charge on any atom is 0.141 e. The lowest BCUT2D eigenvalue weighted by Crippen LogP contribution is -2.31. The minimum atomic E-state index is -0.324. The number of rotatable bonds is 3. The van der Waals surface area contributed by atoms with Crippen molar-refractivity contribution in [3.8, 4) is 22.4 Å². The van der Waals surface area contributed by atoms with Gasteiger partial charge in [-0.15, -0.1) is 0 Å². The van der Waals surface area contributed by atoms with Crippen molar-refractivity contribution in [3.63, 3.8) is 0 Å². The minimum absolute atomic E-state index is 0.315. The van der Waals surface area contributed by atoms with E-state index in [9.17, 15) is 4.39 Å². The minimum Gasteiger partial charge on any atom is -0.400 e. The molecule has 1 fully saturated rings. The standard InChI is InChI=1S/C17H14FN3.C7H15NO.CH4O/c1-11-4-2-3-5-13(11)12-6-7-14(15(18)8-12)16-9-21-17(19)10-20-16;1-8-4-2-7(6-9)3-5-8;1-2/h2-10H,1H3,(H2,19,21);7,9H,2-6H2,1H3;2H,1H3. The molecule has 1 saturated heterocycles. The monoisotopic (exact) mass is 440 g/mol. The van der Waals surface area contributed by atoms with Crippen LogP contribution in [-0.2, 0) is 0 Å². The van der Waals surface area contributed by atoms with Crippen molar-refractivity contribution in [2.45, 2.75) is 19.8 Å². The van der Waals surface area contributed by atoms with Crippen LogP contribution in [0.5, 0.6) is 0 Å². The summed E-state index contributed by atoms with van der Waals surface area (Å²) >= 11 is 0. The number of nitrogens with zero attached hydrogens (tertiary/aromatic N) is 3. The molecule has 0 aliphatic carbocycles. The van der Waals surface area contributed by atoms with Crippen LogP contribution in [0.2, 0.25) is 0 Å². The van der Waals surface area contributed by atoms with Crippen molar-refractivity contribution < 1.29 is 14.6 Å². The van der Waals surface area contributed by atoms with E-state index in [-0.39, 0.29) is 5.82 Å². The first-order valence-corrected chi connectivity index (χ1v) is 10.7. The van der Waals surface area contributed by atoms with E-state index in [1.807, 2.05) is 37.3 Å². The van der Waals surface area contributed by atoms with E-state index in [0.29, 0.717) is 29.6 Å². The highest BCUT2D eigenvalue weighted by atomic mass is 19.1. The van der Waals surface area contributed by atoms with Gasteiger partial charge in [-0.25, -0.2) is 9.37 Å². The average Bonchev–Trinajstić information content (AvgIpc) is 2.82. The van der Waals surface area contributed by atoms with E-state index in [0.717, 1.165) is 36.9 Å². The third kappa shape index (κ3) is 7.09. The van der Waals surface area contributed by atoms with Crippen LogP contribution in [0.4, 0.5) is 10.2 Å². The van der Waals surface area contributed by atoms with E-state index in [1.165, 1.54) is 31.3 Å². The first kappa shape index (κ1) is 25.4. The van der Waals surface area contributed by atoms with Crippen LogP contribution in [0, 0.1) is 18.7 Å². The number of likely N-dealkylation sites (tertiary alicyclic amines) is 1. The zero-order valence-electron chi connectivity index (χ0n) is 19.0. The number of aromatic nitrogens is 2. The number of aliphatic hydroxyl groups is 2. The number of aliphatic hydroxyl groups excluding tert-OH is 2. The molecule has 2 aromatic carbocycles. The second-order valence-electron chi connectivity index (χ2n) is 7.77. The Labute approximate surface area is 189 Å². The Morgan fingerprint density at radius 1 is 1.03 bits per heavy atom. The number of piperidine rings is 1. The predicted molar refractivity (Wildman–Crippen MR) is 127 cm³/mol. The van der Waals surface area contributed by atoms with E-state index >= 15 is 0 Å². The van der Waals surface area contributed by atoms with Gasteiger partial charge in [0.15, 0.2) is 0 Å². The summed E-state index contributed by atoms with van der Waals surface area (Å²) in [5, 5.41) is 15.8. The average molecular weight is 441 g/mol. The molecule has 0 radical (unpaired) electrons. The molecule has 4 N–H and O–H groups in total. The third-order valence-electron chi connectivity index (χ3n) is 5.47. The SMILES string of the molecule is CN1CCC(CO)CC1.CO.Cc1ccccc1-c1ccc(-c2cnc(N)cn2)c(F)c1. The van der Waals surface area contributed by atoms with Gasteiger partial charge in [0.05, 0.1) is 18.1 Å². The molecule has 4 rings (SSSR count). The number of anilines is 1. The van der Waals surface area contributed by atoms with Crippen LogP contribution in [0.1, 0.15) is 18.4 Å². The molecule has 32 heavy (non-hydrogen) atoms. The molecule has 7 heteroatoms. The van der Waals surface area contributed by atoms with Gasteiger partial charge < -0.3 is 20.8 Å². The number of nitrogens with two attached hydrogens (primary N) is 1. The largest absolute Gasteiger partial charge is 0.400 e. The van der Waals surface area contributed by atoms with E-state index in [4.69, 9.17) is 15.9 Å². The quantitative estimate of drug-likeness (QED) is 0.574. The van der Waals surface area contributed by atoms with Crippen LogP contribution >= 0.6 is 0 Å². The maximum atomic E-state index is 14.4. The Bertz CT molecular complexity index is 958. The Balaban J connectivity index is 0.000000277. The smallest absolute Gasteiger partial charge is 0.141 e. The second kappa shape index (κ2) is 12.9. The molecule has 0 unspecified atom stereocenters. The van der Waals surface area contributed by atoms with Gasteiger partial charge in [-0.2, -0.15) is 0 Å². The highest BCUT2D eigenvalue weighted by Gasteiger charge is 2.14. The summed E-state index contributed by atoms with van der Waals surface area (Å²) in [6.07, 6.45) is 5.24. The normalized spacial score (nSPS) is 14.1.